The summed E-state index contributed by atoms with van der Waals surface area (Å²) in [5.41, 5.74) is 17.4. The van der Waals surface area contributed by atoms with Gasteiger partial charge in [-0.15, -0.1) is 0 Å². The second-order valence-corrected chi connectivity index (χ2v) is 9.88. The Morgan fingerprint density at radius 3 is 2.38 bits per heavy atom. The van der Waals surface area contributed by atoms with Crippen molar-refractivity contribution in [3.05, 3.63) is 29.8 Å². The predicted molar refractivity (Wildman–Crippen MR) is 145 cm³/mol. The van der Waals surface area contributed by atoms with Crippen LogP contribution in [0.4, 0.5) is 0 Å². The maximum absolute atomic E-state index is 13.6. The number of guanidine groups is 1. The lowest BCUT2D eigenvalue weighted by Gasteiger charge is -2.30. The fourth-order valence-corrected chi connectivity index (χ4v) is 4.38. The van der Waals surface area contributed by atoms with Crippen molar-refractivity contribution < 1.29 is 29.4 Å². The molecule has 1 saturated heterocycles. The number of rotatable bonds is 14. The van der Waals surface area contributed by atoms with Crippen molar-refractivity contribution in [2.75, 3.05) is 13.1 Å². The van der Waals surface area contributed by atoms with E-state index in [1.807, 2.05) is 13.8 Å². The minimum absolute atomic E-state index is 0.000997. The van der Waals surface area contributed by atoms with E-state index in [4.69, 9.17) is 17.2 Å². The van der Waals surface area contributed by atoms with Gasteiger partial charge in [-0.1, -0.05) is 32.4 Å². The minimum atomic E-state index is -1.23. The first-order valence-corrected chi connectivity index (χ1v) is 13.2. The number of nitrogens with two attached hydrogens (primary N) is 3. The molecule has 1 aromatic rings. The third-order valence-corrected chi connectivity index (χ3v) is 6.95. The number of aliphatic imine (C=N–C) groups is 1. The Kier molecular flexibility index (Phi) is 12.0. The summed E-state index contributed by atoms with van der Waals surface area (Å²) in [4.78, 5) is 56.8. The number of amides is 3. The molecule has 1 aliphatic rings. The van der Waals surface area contributed by atoms with E-state index in [-0.39, 0.29) is 43.6 Å². The molecule has 0 bridgehead atoms. The molecular weight excluding hydrogens is 506 g/mol. The molecule has 5 unspecified atom stereocenters. The van der Waals surface area contributed by atoms with Gasteiger partial charge in [0.25, 0.3) is 0 Å². The Bertz CT molecular complexity index is 1030. The standard InChI is InChI=1S/C26H41N7O6/c1-3-15(2)21(27)23(36)31-18(6-4-12-30-26(28)29)24(37)33-13-5-7-20(33)22(35)32-19(25(38)39)14-16-8-10-17(34)11-9-16/h8-11,15,18-21,34H,3-7,12-14,27H2,1-2H3,(H,31,36)(H,32,35)(H,38,39)(H4,28,29,30). The molecule has 0 spiro atoms. The Morgan fingerprint density at radius 1 is 1.13 bits per heavy atom. The van der Waals surface area contributed by atoms with Crippen molar-refractivity contribution in [1.29, 1.82) is 0 Å². The van der Waals surface area contributed by atoms with Crippen molar-refractivity contribution in [3.63, 3.8) is 0 Å². The summed E-state index contributed by atoms with van der Waals surface area (Å²) < 4.78 is 0. The number of carboxylic acid groups (broad SMARTS) is 1. The predicted octanol–water partition coefficient (Wildman–Crippen LogP) is -0.593. The van der Waals surface area contributed by atoms with Gasteiger partial charge in [-0.05, 0) is 49.3 Å². The topological polar surface area (TPSA) is 226 Å². The van der Waals surface area contributed by atoms with Gasteiger partial charge in [-0.2, -0.15) is 0 Å². The number of nitrogens with one attached hydrogen (secondary N) is 2. The van der Waals surface area contributed by atoms with Gasteiger partial charge >= 0.3 is 5.97 Å². The lowest BCUT2D eigenvalue weighted by Crippen LogP contribution is -2.57. The molecule has 0 radical (unpaired) electrons. The molecule has 1 heterocycles. The van der Waals surface area contributed by atoms with Crippen molar-refractivity contribution in [2.24, 2.45) is 28.1 Å². The fourth-order valence-electron chi connectivity index (χ4n) is 4.38. The third kappa shape index (κ3) is 9.43. The molecule has 1 fully saturated rings. The highest BCUT2D eigenvalue weighted by molar-refractivity contribution is 5.94. The second kappa shape index (κ2) is 14.9. The van der Waals surface area contributed by atoms with Gasteiger partial charge in [0.2, 0.25) is 17.7 Å². The van der Waals surface area contributed by atoms with Gasteiger partial charge in [-0.3, -0.25) is 19.4 Å². The lowest BCUT2D eigenvalue weighted by molar-refractivity contribution is -0.145. The van der Waals surface area contributed by atoms with Gasteiger partial charge in [0.05, 0.1) is 6.04 Å². The van der Waals surface area contributed by atoms with Crippen LogP contribution in [0.3, 0.4) is 0 Å². The maximum atomic E-state index is 13.6. The number of hydrogen-bond donors (Lipinski definition) is 7. The Hall–Kier alpha value is -3.87. The zero-order valence-corrected chi connectivity index (χ0v) is 22.5. The summed E-state index contributed by atoms with van der Waals surface area (Å²) >= 11 is 0. The zero-order chi connectivity index (χ0) is 29.1. The number of carbonyl (C=O) groups excluding carboxylic acids is 3. The highest BCUT2D eigenvalue weighted by atomic mass is 16.4. The summed E-state index contributed by atoms with van der Waals surface area (Å²) in [5, 5.41) is 24.4. The van der Waals surface area contributed by atoms with Crippen LogP contribution in [0.25, 0.3) is 0 Å². The number of likely N-dealkylation sites (tertiary alicyclic amines) is 1. The molecule has 0 aromatic heterocycles. The Balaban J connectivity index is 2.15. The van der Waals surface area contributed by atoms with Crippen molar-refractivity contribution in [2.45, 2.75) is 76.5 Å². The summed E-state index contributed by atoms with van der Waals surface area (Å²) in [7, 11) is 0. The van der Waals surface area contributed by atoms with Crippen LogP contribution in [0.1, 0.15) is 51.5 Å². The number of nitrogens with zero attached hydrogens (tertiary/aromatic N) is 2. The van der Waals surface area contributed by atoms with E-state index in [9.17, 15) is 29.4 Å². The molecule has 1 aromatic carbocycles. The first-order chi connectivity index (χ1) is 18.4. The van der Waals surface area contributed by atoms with Gasteiger partial charge in [0.15, 0.2) is 5.96 Å². The average molecular weight is 548 g/mol. The van der Waals surface area contributed by atoms with Gasteiger partial charge in [0, 0.05) is 19.5 Å². The van der Waals surface area contributed by atoms with E-state index in [2.05, 4.69) is 15.6 Å². The zero-order valence-electron chi connectivity index (χ0n) is 22.5. The van der Waals surface area contributed by atoms with Gasteiger partial charge < -0.3 is 42.9 Å². The third-order valence-electron chi connectivity index (χ3n) is 6.95. The largest absolute Gasteiger partial charge is 0.508 e. The highest BCUT2D eigenvalue weighted by Crippen LogP contribution is 2.21. The number of aromatic hydroxyl groups is 1. The van der Waals surface area contributed by atoms with Crippen LogP contribution in [0.5, 0.6) is 5.75 Å². The first-order valence-electron chi connectivity index (χ1n) is 13.2. The molecule has 216 valence electrons. The van der Waals surface area contributed by atoms with E-state index in [0.717, 1.165) is 0 Å². The van der Waals surface area contributed by atoms with Gasteiger partial charge in [-0.25, -0.2) is 4.79 Å². The van der Waals surface area contributed by atoms with E-state index in [0.29, 0.717) is 31.2 Å². The van der Waals surface area contributed by atoms with Crippen LogP contribution in [-0.4, -0.2) is 82.0 Å². The number of aliphatic carboxylic acids is 1. The molecule has 13 heteroatoms. The Morgan fingerprint density at radius 2 is 1.79 bits per heavy atom. The number of carboxylic acids is 1. The summed E-state index contributed by atoms with van der Waals surface area (Å²) in [6.07, 6.45) is 2.19. The Labute approximate surface area is 228 Å². The normalized spacial score (nSPS) is 17.9. The number of benzene rings is 1. The second-order valence-electron chi connectivity index (χ2n) is 9.88. The molecule has 3 amide bonds. The lowest BCUT2D eigenvalue weighted by atomic mass is 9.98. The van der Waals surface area contributed by atoms with E-state index in [1.54, 1.807) is 12.1 Å². The summed E-state index contributed by atoms with van der Waals surface area (Å²) in [6.45, 7) is 4.29. The van der Waals surface area contributed by atoms with Crippen molar-refractivity contribution in [1.82, 2.24) is 15.5 Å². The molecule has 0 saturated carbocycles. The quantitative estimate of drug-likeness (QED) is 0.0895. The van der Waals surface area contributed by atoms with Gasteiger partial charge in [0.1, 0.15) is 23.9 Å². The molecule has 2 rings (SSSR count). The van der Waals surface area contributed by atoms with Crippen LogP contribution < -0.4 is 27.8 Å². The van der Waals surface area contributed by atoms with Crippen molar-refractivity contribution in [3.8, 4) is 5.75 Å². The van der Waals surface area contributed by atoms with E-state index in [1.165, 1.54) is 17.0 Å². The average Bonchev–Trinajstić information content (AvgIpc) is 3.39. The molecule has 0 aliphatic carbocycles. The van der Waals surface area contributed by atoms with Crippen LogP contribution in [-0.2, 0) is 25.6 Å². The number of phenolic OH excluding ortho intramolecular Hbond substituents is 1. The van der Waals surface area contributed by atoms with Crippen LogP contribution in [0.2, 0.25) is 0 Å². The van der Waals surface area contributed by atoms with E-state index < -0.39 is 47.9 Å². The fraction of sp³-hybridized carbons (Fsp3) is 0.577. The smallest absolute Gasteiger partial charge is 0.326 e. The van der Waals surface area contributed by atoms with Crippen molar-refractivity contribution >= 4 is 29.7 Å². The summed E-state index contributed by atoms with van der Waals surface area (Å²) in [5.74, 6) is -2.88. The monoisotopic (exact) mass is 547 g/mol. The first kappa shape index (κ1) is 31.3. The molecule has 39 heavy (non-hydrogen) atoms. The van der Waals surface area contributed by atoms with Crippen LogP contribution >= 0.6 is 0 Å². The molecule has 5 atom stereocenters. The molecular formula is C26H41N7O6. The number of phenols is 1. The minimum Gasteiger partial charge on any atom is -0.508 e. The summed E-state index contributed by atoms with van der Waals surface area (Å²) in [6, 6.07) is 2.12. The molecule has 1 aliphatic heterocycles. The van der Waals surface area contributed by atoms with Crippen LogP contribution in [0.15, 0.2) is 29.3 Å². The highest BCUT2D eigenvalue weighted by Gasteiger charge is 2.39. The number of hydrogen-bond acceptors (Lipinski definition) is 7. The SMILES string of the molecule is CCC(C)C(N)C(=O)NC(CCCN=C(N)N)C(=O)N1CCCC1C(=O)NC(Cc1ccc(O)cc1)C(=O)O. The van der Waals surface area contributed by atoms with E-state index >= 15 is 0 Å². The maximum Gasteiger partial charge on any atom is 0.326 e. The molecule has 10 N–H and O–H groups in total. The molecule has 13 nitrogen and oxygen atoms in total. The van der Waals surface area contributed by atoms with Crippen LogP contribution in [0, 0.1) is 5.92 Å². The number of carbonyl (C=O) groups is 4.